The minimum Gasteiger partial charge on any atom is -0.179 e. The Morgan fingerprint density at radius 3 is 1.92 bits per heavy atom. The summed E-state index contributed by atoms with van der Waals surface area (Å²) < 4.78 is 0. The van der Waals surface area contributed by atoms with Crippen LogP contribution in [0.3, 0.4) is 0 Å². The molecule has 0 nitrogen and oxygen atoms in total. The van der Waals surface area contributed by atoms with E-state index in [0.29, 0.717) is 0 Å². The largest absolute Gasteiger partial charge is 0.179 e. The van der Waals surface area contributed by atoms with Gasteiger partial charge in [-0.05, 0) is 24.3 Å². The Hall–Kier alpha value is -0.0800. The molecule has 0 saturated carbocycles. The number of thiol groups is 2. The van der Waals surface area contributed by atoms with Crippen molar-refractivity contribution in [3.05, 3.63) is 30.3 Å². The van der Waals surface area contributed by atoms with E-state index in [1.165, 1.54) is 12.8 Å². The molecule has 0 aliphatic carbocycles. The maximum Gasteiger partial charge on any atom is 0.00399 e. The van der Waals surface area contributed by atoms with Crippen molar-refractivity contribution in [1.82, 2.24) is 0 Å². The molecule has 0 heterocycles. The van der Waals surface area contributed by atoms with Crippen molar-refractivity contribution < 1.29 is 0 Å². The van der Waals surface area contributed by atoms with Gasteiger partial charge in [0.1, 0.15) is 0 Å². The van der Waals surface area contributed by atoms with Crippen molar-refractivity contribution in [2.45, 2.75) is 24.7 Å². The Balaban J connectivity index is 0.000000217. The summed E-state index contributed by atoms with van der Waals surface area (Å²) in [7, 11) is 0. The number of unbranched alkanes of at least 4 members (excludes halogenated alkanes) is 1. The van der Waals surface area contributed by atoms with Crippen molar-refractivity contribution in [1.29, 1.82) is 0 Å². The lowest BCUT2D eigenvalue weighted by Crippen LogP contribution is -1.65. The van der Waals surface area contributed by atoms with Crippen molar-refractivity contribution in [2.24, 2.45) is 0 Å². The van der Waals surface area contributed by atoms with Crippen LogP contribution < -0.4 is 0 Å². The van der Waals surface area contributed by atoms with Crippen LogP contribution in [0.4, 0.5) is 0 Å². The van der Waals surface area contributed by atoms with Gasteiger partial charge >= 0.3 is 0 Å². The zero-order valence-corrected chi connectivity index (χ0v) is 9.19. The summed E-state index contributed by atoms with van der Waals surface area (Å²) in [6.07, 6.45) is 2.52. The lowest BCUT2D eigenvalue weighted by Gasteiger charge is -1.81. The van der Waals surface area contributed by atoms with Crippen molar-refractivity contribution >= 4 is 25.3 Å². The van der Waals surface area contributed by atoms with Gasteiger partial charge in [-0.3, -0.25) is 0 Å². The number of rotatable bonds is 2. The fourth-order valence-corrected chi connectivity index (χ4v) is 1.07. The van der Waals surface area contributed by atoms with E-state index in [4.69, 9.17) is 0 Å². The van der Waals surface area contributed by atoms with Crippen LogP contribution in [0.2, 0.25) is 0 Å². The SMILES string of the molecule is CCCCS.Sc1ccccc1. The second-order valence-electron chi connectivity index (χ2n) is 2.41. The summed E-state index contributed by atoms with van der Waals surface area (Å²) in [4.78, 5) is 1.02. The molecule has 12 heavy (non-hydrogen) atoms. The molecule has 68 valence electrons. The van der Waals surface area contributed by atoms with E-state index in [0.717, 1.165) is 10.6 Å². The van der Waals surface area contributed by atoms with E-state index >= 15 is 0 Å². The van der Waals surface area contributed by atoms with Gasteiger partial charge < -0.3 is 0 Å². The summed E-state index contributed by atoms with van der Waals surface area (Å²) in [6.45, 7) is 2.16. The molecule has 0 bridgehead atoms. The van der Waals surface area contributed by atoms with Crippen molar-refractivity contribution in [2.75, 3.05) is 5.75 Å². The lowest BCUT2D eigenvalue weighted by molar-refractivity contribution is 0.899. The molecule has 1 aromatic rings. The van der Waals surface area contributed by atoms with Gasteiger partial charge in [0.2, 0.25) is 0 Å². The average molecular weight is 200 g/mol. The summed E-state index contributed by atoms with van der Waals surface area (Å²) in [5, 5.41) is 0. The molecule has 0 aromatic heterocycles. The first-order chi connectivity index (χ1) is 5.81. The highest BCUT2D eigenvalue weighted by Gasteiger charge is 1.73. The third-order valence-electron chi connectivity index (χ3n) is 1.27. The molecule has 0 atom stereocenters. The highest BCUT2D eigenvalue weighted by atomic mass is 32.1. The summed E-state index contributed by atoms with van der Waals surface area (Å²) >= 11 is 8.09. The van der Waals surface area contributed by atoms with Gasteiger partial charge in [-0.25, -0.2) is 0 Å². The topological polar surface area (TPSA) is 0 Å². The third kappa shape index (κ3) is 8.02. The molecule has 0 aliphatic rings. The quantitative estimate of drug-likeness (QED) is 0.668. The fraction of sp³-hybridized carbons (Fsp3) is 0.400. The predicted octanol–water partition coefficient (Wildman–Crippen LogP) is 3.69. The van der Waals surface area contributed by atoms with Crippen LogP contribution in [-0.4, -0.2) is 5.75 Å². The minimum atomic E-state index is 1.02. The summed E-state index contributed by atoms with van der Waals surface area (Å²) in [5.41, 5.74) is 0. The normalized spacial score (nSPS) is 8.58. The van der Waals surface area contributed by atoms with E-state index in [-0.39, 0.29) is 0 Å². The molecule has 0 radical (unpaired) electrons. The van der Waals surface area contributed by atoms with E-state index in [1.807, 2.05) is 30.3 Å². The maximum atomic E-state index is 4.08. The van der Waals surface area contributed by atoms with Crippen LogP contribution in [-0.2, 0) is 0 Å². The Labute approximate surface area is 86.2 Å². The van der Waals surface area contributed by atoms with Crippen molar-refractivity contribution in [3.8, 4) is 0 Å². The zero-order valence-electron chi connectivity index (χ0n) is 7.40. The molecule has 0 N–H and O–H groups in total. The lowest BCUT2D eigenvalue weighted by atomic mass is 10.4. The van der Waals surface area contributed by atoms with Crippen LogP contribution in [0.25, 0.3) is 0 Å². The molecule has 0 saturated heterocycles. The Kier molecular flexibility index (Phi) is 8.95. The first kappa shape index (κ1) is 11.9. The molecule has 0 amide bonds. The second kappa shape index (κ2) is 9.01. The highest BCUT2D eigenvalue weighted by Crippen LogP contribution is 2.00. The molecule has 0 aliphatic heterocycles. The van der Waals surface area contributed by atoms with Gasteiger partial charge in [-0.2, -0.15) is 12.6 Å². The third-order valence-corrected chi connectivity index (χ3v) is 1.88. The molecular formula is C10H16S2. The zero-order chi connectivity index (χ0) is 9.23. The Morgan fingerprint density at radius 2 is 1.75 bits per heavy atom. The van der Waals surface area contributed by atoms with Crippen LogP contribution >= 0.6 is 25.3 Å². The van der Waals surface area contributed by atoms with Crippen LogP contribution in [0.5, 0.6) is 0 Å². The minimum absolute atomic E-state index is 1.02. The smallest absolute Gasteiger partial charge is 0.00399 e. The van der Waals surface area contributed by atoms with Crippen LogP contribution in [0.15, 0.2) is 35.2 Å². The molecule has 0 fully saturated rings. The van der Waals surface area contributed by atoms with Crippen molar-refractivity contribution in [3.63, 3.8) is 0 Å². The van der Waals surface area contributed by atoms with E-state index in [1.54, 1.807) is 0 Å². The van der Waals surface area contributed by atoms with Gasteiger partial charge in [0.05, 0.1) is 0 Å². The predicted molar refractivity (Wildman–Crippen MR) is 62.5 cm³/mol. The Bertz CT molecular complexity index is 170. The monoisotopic (exact) mass is 200 g/mol. The maximum absolute atomic E-state index is 4.08. The van der Waals surface area contributed by atoms with Gasteiger partial charge in [-0.1, -0.05) is 31.5 Å². The van der Waals surface area contributed by atoms with Crippen LogP contribution in [0.1, 0.15) is 19.8 Å². The molecule has 0 unspecified atom stereocenters. The molecule has 0 spiro atoms. The van der Waals surface area contributed by atoms with Gasteiger partial charge in [0.15, 0.2) is 0 Å². The molecule has 1 rings (SSSR count). The standard InChI is InChI=1S/C6H6S.C4H10S/c7-6-4-2-1-3-5-6;1-2-3-4-5/h1-5,7H;5H,2-4H2,1H3. The number of hydrogen-bond acceptors (Lipinski definition) is 2. The molecule has 1 aromatic carbocycles. The number of benzene rings is 1. The molecule has 2 heteroatoms. The summed E-state index contributed by atoms with van der Waals surface area (Å²) in [5.74, 6) is 1.04. The Morgan fingerprint density at radius 1 is 1.17 bits per heavy atom. The fourth-order valence-electron chi connectivity index (χ4n) is 0.586. The molecular weight excluding hydrogens is 184 g/mol. The van der Waals surface area contributed by atoms with E-state index in [2.05, 4.69) is 32.2 Å². The van der Waals surface area contributed by atoms with E-state index < -0.39 is 0 Å². The van der Waals surface area contributed by atoms with E-state index in [9.17, 15) is 0 Å². The van der Waals surface area contributed by atoms with Gasteiger partial charge in [0.25, 0.3) is 0 Å². The summed E-state index contributed by atoms with van der Waals surface area (Å²) in [6, 6.07) is 9.79. The first-order valence-corrected chi connectivity index (χ1v) is 5.24. The average Bonchev–Trinajstić information content (AvgIpc) is 2.08. The first-order valence-electron chi connectivity index (χ1n) is 4.16. The second-order valence-corrected chi connectivity index (χ2v) is 3.38. The number of hydrogen-bond donors (Lipinski definition) is 2. The van der Waals surface area contributed by atoms with Gasteiger partial charge in [0, 0.05) is 4.90 Å². The van der Waals surface area contributed by atoms with Crippen LogP contribution in [0, 0.1) is 0 Å². The van der Waals surface area contributed by atoms with Gasteiger partial charge in [-0.15, -0.1) is 12.6 Å². The highest BCUT2D eigenvalue weighted by molar-refractivity contribution is 7.80.